The molecular weight excluding hydrogens is 326 g/mol. The van der Waals surface area contributed by atoms with E-state index in [4.69, 9.17) is 16.3 Å². The molecule has 1 heterocycles. The zero-order chi connectivity index (χ0) is 16.9. The normalized spacial score (nSPS) is 17.1. The molecule has 1 N–H and O–H groups in total. The first-order valence-corrected chi connectivity index (χ1v) is 8.41. The van der Waals surface area contributed by atoms with Crippen LogP contribution in [0.3, 0.4) is 0 Å². The molecule has 0 spiro atoms. The number of carbonyl (C=O) groups excluding carboxylic acids is 1. The average molecular weight is 346 g/mol. The molecule has 0 radical (unpaired) electrons. The second-order valence-electron chi connectivity index (χ2n) is 6.03. The summed E-state index contributed by atoms with van der Waals surface area (Å²) in [5.74, 6) is 0.828. The van der Waals surface area contributed by atoms with Gasteiger partial charge < -0.3 is 14.7 Å². The average Bonchev–Trinajstić information content (AvgIpc) is 3.09. The second-order valence-corrected chi connectivity index (χ2v) is 6.47. The molecule has 1 unspecified atom stereocenters. The molecule has 2 aromatic carbocycles. The maximum atomic E-state index is 12.6. The Bertz CT molecular complexity index is 719. The van der Waals surface area contributed by atoms with Crippen LogP contribution >= 0.6 is 11.6 Å². The van der Waals surface area contributed by atoms with E-state index in [1.54, 1.807) is 17.0 Å². The van der Waals surface area contributed by atoms with Crippen LogP contribution in [0.4, 0.5) is 0 Å². The fourth-order valence-corrected chi connectivity index (χ4v) is 3.07. The summed E-state index contributed by atoms with van der Waals surface area (Å²) in [7, 11) is 0. The Morgan fingerprint density at radius 2 is 2.08 bits per heavy atom. The van der Waals surface area contributed by atoms with Crippen molar-refractivity contribution in [1.82, 2.24) is 4.90 Å². The number of rotatable bonds is 5. The topological polar surface area (TPSA) is 49.8 Å². The predicted octanol–water partition coefficient (Wildman–Crippen LogP) is 3.37. The summed E-state index contributed by atoms with van der Waals surface area (Å²) < 4.78 is 5.77. The van der Waals surface area contributed by atoms with Gasteiger partial charge in [-0.25, -0.2) is 0 Å². The highest BCUT2D eigenvalue weighted by atomic mass is 35.5. The molecular formula is C19H20ClNO3. The number of nitrogens with zero attached hydrogens (tertiary/aromatic N) is 1. The Balaban J connectivity index is 1.64. The van der Waals surface area contributed by atoms with E-state index in [1.165, 1.54) is 0 Å². The van der Waals surface area contributed by atoms with Crippen LogP contribution in [-0.2, 0) is 6.61 Å². The number of aliphatic hydroxyl groups excluding tert-OH is 1. The Labute approximate surface area is 146 Å². The van der Waals surface area contributed by atoms with Crippen molar-refractivity contribution in [3.05, 3.63) is 64.7 Å². The fourth-order valence-electron chi connectivity index (χ4n) is 2.86. The van der Waals surface area contributed by atoms with Crippen LogP contribution in [0.15, 0.2) is 48.5 Å². The standard InChI is InChI=1S/C19H20ClNO3/c20-17-5-1-3-14(9-17)13-24-18-6-2-4-16(10-18)19(23)21-8-7-15(11-21)12-22/h1-6,9-10,15,22H,7-8,11-13H2. The van der Waals surface area contributed by atoms with Gasteiger partial charge in [-0.3, -0.25) is 4.79 Å². The van der Waals surface area contributed by atoms with E-state index in [0.29, 0.717) is 36.0 Å². The molecule has 1 aliphatic heterocycles. The first-order chi connectivity index (χ1) is 11.7. The molecule has 4 nitrogen and oxygen atoms in total. The minimum absolute atomic E-state index is 0.0147. The highest BCUT2D eigenvalue weighted by Gasteiger charge is 2.26. The lowest BCUT2D eigenvalue weighted by Crippen LogP contribution is -2.29. The lowest BCUT2D eigenvalue weighted by atomic mass is 10.1. The first kappa shape index (κ1) is 16.8. The first-order valence-electron chi connectivity index (χ1n) is 8.03. The minimum atomic E-state index is -0.0147. The summed E-state index contributed by atoms with van der Waals surface area (Å²) in [6.45, 7) is 1.83. The number of aliphatic hydroxyl groups is 1. The van der Waals surface area contributed by atoms with Crippen molar-refractivity contribution in [2.24, 2.45) is 5.92 Å². The molecule has 0 aromatic heterocycles. The van der Waals surface area contributed by atoms with Crippen molar-refractivity contribution in [2.75, 3.05) is 19.7 Å². The molecule has 1 aliphatic rings. The smallest absolute Gasteiger partial charge is 0.253 e. The second kappa shape index (κ2) is 7.69. The molecule has 1 fully saturated rings. The van der Waals surface area contributed by atoms with Crippen LogP contribution in [0.25, 0.3) is 0 Å². The third kappa shape index (κ3) is 4.08. The SMILES string of the molecule is O=C(c1cccc(OCc2cccc(Cl)c2)c1)N1CCC(CO)C1. The van der Waals surface area contributed by atoms with Crippen LogP contribution in [0, 0.1) is 5.92 Å². The Hall–Kier alpha value is -2.04. The van der Waals surface area contributed by atoms with E-state index in [0.717, 1.165) is 12.0 Å². The number of halogens is 1. The van der Waals surface area contributed by atoms with Gasteiger partial charge in [0.05, 0.1) is 0 Å². The van der Waals surface area contributed by atoms with E-state index in [9.17, 15) is 9.90 Å². The molecule has 3 rings (SSSR count). The van der Waals surface area contributed by atoms with Gasteiger partial charge in [-0.15, -0.1) is 0 Å². The summed E-state index contributed by atoms with van der Waals surface area (Å²) in [6, 6.07) is 14.7. The van der Waals surface area contributed by atoms with Gasteiger partial charge in [0.15, 0.2) is 0 Å². The maximum absolute atomic E-state index is 12.6. The largest absolute Gasteiger partial charge is 0.489 e. The number of ether oxygens (including phenoxy) is 1. The van der Waals surface area contributed by atoms with Crippen LogP contribution in [0.5, 0.6) is 5.75 Å². The quantitative estimate of drug-likeness (QED) is 0.903. The van der Waals surface area contributed by atoms with E-state index in [1.807, 2.05) is 36.4 Å². The molecule has 0 aliphatic carbocycles. The van der Waals surface area contributed by atoms with E-state index >= 15 is 0 Å². The van der Waals surface area contributed by atoms with Crippen LogP contribution in [0.1, 0.15) is 22.3 Å². The van der Waals surface area contributed by atoms with Gasteiger partial charge in [0.1, 0.15) is 12.4 Å². The summed E-state index contributed by atoms with van der Waals surface area (Å²) in [6.07, 6.45) is 0.854. The number of hydrogen-bond donors (Lipinski definition) is 1. The zero-order valence-corrected chi connectivity index (χ0v) is 14.1. The van der Waals surface area contributed by atoms with E-state index < -0.39 is 0 Å². The molecule has 5 heteroatoms. The third-order valence-corrected chi connectivity index (χ3v) is 4.44. The van der Waals surface area contributed by atoms with Gasteiger partial charge in [0.2, 0.25) is 0 Å². The minimum Gasteiger partial charge on any atom is -0.489 e. The fraction of sp³-hybridized carbons (Fsp3) is 0.316. The van der Waals surface area contributed by atoms with Crippen molar-refractivity contribution < 1.29 is 14.6 Å². The molecule has 2 aromatic rings. The highest BCUT2D eigenvalue weighted by molar-refractivity contribution is 6.30. The molecule has 1 atom stereocenters. The van der Waals surface area contributed by atoms with Crippen molar-refractivity contribution in [3.8, 4) is 5.75 Å². The number of hydrogen-bond acceptors (Lipinski definition) is 3. The number of carbonyl (C=O) groups is 1. The van der Waals surface area contributed by atoms with Gasteiger partial charge in [-0.1, -0.05) is 29.8 Å². The summed E-state index contributed by atoms with van der Waals surface area (Å²) in [4.78, 5) is 14.3. The molecule has 0 bridgehead atoms. The van der Waals surface area contributed by atoms with Crippen molar-refractivity contribution in [1.29, 1.82) is 0 Å². The zero-order valence-electron chi connectivity index (χ0n) is 13.3. The van der Waals surface area contributed by atoms with Gasteiger partial charge >= 0.3 is 0 Å². The van der Waals surface area contributed by atoms with Gasteiger partial charge in [0.25, 0.3) is 5.91 Å². The van der Waals surface area contributed by atoms with Gasteiger partial charge in [0, 0.05) is 36.2 Å². The van der Waals surface area contributed by atoms with E-state index in [-0.39, 0.29) is 18.4 Å². The van der Waals surface area contributed by atoms with Crippen LogP contribution in [0.2, 0.25) is 5.02 Å². The molecule has 1 amide bonds. The van der Waals surface area contributed by atoms with E-state index in [2.05, 4.69) is 0 Å². The molecule has 1 saturated heterocycles. The Morgan fingerprint density at radius 1 is 1.25 bits per heavy atom. The van der Waals surface area contributed by atoms with Crippen LogP contribution < -0.4 is 4.74 Å². The predicted molar refractivity (Wildman–Crippen MR) is 93.3 cm³/mol. The molecule has 0 saturated carbocycles. The molecule has 24 heavy (non-hydrogen) atoms. The number of amides is 1. The Kier molecular flexibility index (Phi) is 5.38. The Morgan fingerprint density at radius 3 is 2.83 bits per heavy atom. The van der Waals surface area contributed by atoms with Gasteiger partial charge in [-0.05, 0) is 42.3 Å². The highest BCUT2D eigenvalue weighted by Crippen LogP contribution is 2.21. The monoisotopic (exact) mass is 345 g/mol. The summed E-state index contributed by atoms with van der Waals surface area (Å²) in [5.41, 5.74) is 1.58. The van der Waals surface area contributed by atoms with Crippen molar-refractivity contribution in [3.63, 3.8) is 0 Å². The maximum Gasteiger partial charge on any atom is 0.253 e. The third-order valence-electron chi connectivity index (χ3n) is 4.21. The van der Waals surface area contributed by atoms with Crippen LogP contribution in [-0.4, -0.2) is 35.6 Å². The van der Waals surface area contributed by atoms with Crippen molar-refractivity contribution >= 4 is 17.5 Å². The number of likely N-dealkylation sites (tertiary alicyclic amines) is 1. The summed E-state index contributed by atoms with van der Waals surface area (Å²) >= 11 is 5.97. The lowest BCUT2D eigenvalue weighted by Gasteiger charge is -2.16. The lowest BCUT2D eigenvalue weighted by molar-refractivity contribution is 0.0781. The van der Waals surface area contributed by atoms with Gasteiger partial charge in [-0.2, -0.15) is 0 Å². The number of benzene rings is 2. The molecule has 126 valence electrons. The van der Waals surface area contributed by atoms with Crippen molar-refractivity contribution in [2.45, 2.75) is 13.0 Å². The summed E-state index contributed by atoms with van der Waals surface area (Å²) in [5, 5.41) is 9.88.